The first-order chi connectivity index (χ1) is 13.7. The average Bonchev–Trinajstić information content (AvgIpc) is 3.46. The van der Waals surface area contributed by atoms with Gasteiger partial charge in [0.1, 0.15) is 0 Å². The summed E-state index contributed by atoms with van der Waals surface area (Å²) in [7, 11) is 0. The Hall–Kier alpha value is -2.04. The number of hydrogen-bond acceptors (Lipinski definition) is 3. The molecule has 2 aliphatic heterocycles. The normalized spacial score (nSPS) is 21.3. The number of likely N-dealkylation sites (tertiary alicyclic amines) is 1. The Morgan fingerprint density at radius 2 is 1.61 bits per heavy atom. The van der Waals surface area contributed by atoms with E-state index in [1.807, 2.05) is 4.90 Å². The smallest absolute Gasteiger partial charge is 0.225 e. The first-order valence-electron chi connectivity index (χ1n) is 11.1. The predicted molar refractivity (Wildman–Crippen MR) is 111 cm³/mol. The molecule has 3 aliphatic rings. The fraction of sp³-hybridized carbons (Fsp3) is 0.652. The van der Waals surface area contributed by atoms with Crippen LogP contribution in [0.25, 0.3) is 0 Å². The third-order valence-electron chi connectivity index (χ3n) is 6.73. The number of rotatable bonds is 5. The lowest BCUT2D eigenvalue weighted by molar-refractivity contribution is -0.139. The van der Waals surface area contributed by atoms with Gasteiger partial charge in [-0.15, -0.1) is 0 Å². The SMILES string of the molecule is O=C(NCc1cccc(N2CCCC2)c1)C1CCN(C(=O)C2CCCC2)CC1. The highest BCUT2D eigenvalue weighted by molar-refractivity contribution is 5.81. The van der Waals surface area contributed by atoms with Crippen molar-refractivity contribution in [2.45, 2.75) is 57.9 Å². The van der Waals surface area contributed by atoms with Gasteiger partial charge < -0.3 is 15.1 Å². The molecule has 0 bridgehead atoms. The summed E-state index contributed by atoms with van der Waals surface area (Å²) in [6.45, 7) is 4.32. The van der Waals surface area contributed by atoms with Crippen molar-refractivity contribution in [1.82, 2.24) is 10.2 Å². The van der Waals surface area contributed by atoms with E-state index in [4.69, 9.17) is 0 Å². The van der Waals surface area contributed by atoms with E-state index in [-0.39, 0.29) is 17.7 Å². The second-order valence-corrected chi connectivity index (χ2v) is 8.66. The Morgan fingerprint density at radius 1 is 0.893 bits per heavy atom. The zero-order valence-corrected chi connectivity index (χ0v) is 16.9. The van der Waals surface area contributed by atoms with Crippen LogP contribution in [0, 0.1) is 11.8 Å². The molecule has 0 aromatic heterocycles. The second kappa shape index (κ2) is 8.97. The maximum Gasteiger partial charge on any atom is 0.225 e. The minimum Gasteiger partial charge on any atom is -0.372 e. The molecule has 3 fully saturated rings. The molecule has 5 heteroatoms. The number of nitrogens with zero attached hydrogens (tertiary/aromatic N) is 2. The van der Waals surface area contributed by atoms with Gasteiger partial charge in [0.25, 0.3) is 0 Å². The number of piperidine rings is 1. The summed E-state index contributed by atoms with van der Waals surface area (Å²) in [6.07, 6.45) is 8.59. The molecule has 0 radical (unpaired) electrons. The molecule has 152 valence electrons. The lowest BCUT2D eigenvalue weighted by Crippen LogP contribution is -2.44. The highest BCUT2D eigenvalue weighted by Gasteiger charge is 2.31. The fourth-order valence-electron chi connectivity index (χ4n) is 4.96. The molecule has 28 heavy (non-hydrogen) atoms. The van der Waals surface area contributed by atoms with Crippen LogP contribution in [-0.2, 0) is 16.1 Å². The maximum absolute atomic E-state index is 12.6. The van der Waals surface area contributed by atoms with Gasteiger partial charge in [0.05, 0.1) is 0 Å². The van der Waals surface area contributed by atoms with Crippen molar-refractivity contribution in [3.8, 4) is 0 Å². The zero-order chi connectivity index (χ0) is 19.3. The van der Waals surface area contributed by atoms with Crippen molar-refractivity contribution in [2.24, 2.45) is 11.8 Å². The number of carbonyl (C=O) groups is 2. The Balaban J connectivity index is 1.23. The summed E-state index contributed by atoms with van der Waals surface area (Å²) in [4.78, 5) is 29.6. The molecule has 1 N–H and O–H groups in total. The number of amides is 2. The van der Waals surface area contributed by atoms with Gasteiger partial charge in [-0.2, -0.15) is 0 Å². The molecular weight excluding hydrogens is 350 g/mol. The lowest BCUT2D eigenvalue weighted by Gasteiger charge is -2.33. The van der Waals surface area contributed by atoms with E-state index >= 15 is 0 Å². The van der Waals surface area contributed by atoms with E-state index in [0.717, 1.165) is 57.4 Å². The van der Waals surface area contributed by atoms with Crippen molar-refractivity contribution in [3.63, 3.8) is 0 Å². The van der Waals surface area contributed by atoms with Crippen LogP contribution >= 0.6 is 0 Å². The lowest BCUT2D eigenvalue weighted by atomic mass is 9.94. The van der Waals surface area contributed by atoms with Gasteiger partial charge in [-0.3, -0.25) is 9.59 Å². The van der Waals surface area contributed by atoms with Gasteiger partial charge in [-0.05, 0) is 56.2 Å². The molecule has 5 nitrogen and oxygen atoms in total. The Bertz CT molecular complexity index is 685. The van der Waals surface area contributed by atoms with Gasteiger partial charge in [0.15, 0.2) is 0 Å². The van der Waals surface area contributed by atoms with Crippen LogP contribution in [0.3, 0.4) is 0 Å². The summed E-state index contributed by atoms with van der Waals surface area (Å²) in [6, 6.07) is 8.53. The summed E-state index contributed by atoms with van der Waals surface area (Å²) >= 11 is 0. The van der Waals surface area contributed by atoms with Gasteiger partial charge in [0.2, 0.25) is 11.8 Å². The van der Waals surface area contributed by atoms with Crippen molar-refractivity contribution in [3.05, 3.63) is 29.8 Å². The fourth-order valence-corrected chi connectivity index (χ4v) is 4.96. The molecule has 1 aliphatic carbocycles. The van der Waals surface area contributed by atoms with E-state index in [1.54, 1.807) is 0 Å². The van der Waals surface area contributed by atoms with Gasteiger partial charge in [-0.25, -0.2) is 0 Å². The number of nitrogens with one attached hydrogen (secondary N) is 1. The molecule has 0 atom stereocenters. The number of hydrogen-bond donors (Lipinski definition) is 1. The number of benzene rings is 1. The van der Waals surface area contributed by atoms with Gasteiger partial charge in [-0.1, -0.05) is 25.0 Å². The topological polar surface area (TPSA) is 52.7 Å². The molecular formula is C23H33N3O2. The van der Waals surface area contributed by atoms with E-state index in [0.29, 0.717) is 12.5 Å². The van der Waals surface area contributed by atoms with Crippen LogP contribution in [0.4, 0.5) is 5.69 Å². The van der Waals surface area contributed by atoms with Crippen LogP contribution in [0.2, 0.25) is 0 Å². The zero-order valence-electron chi connectivity index (χ0n) is 16.9. The van der Waals surface area contributed by atoms with E-state index < -0.39 is 0 Å². The van der Waals surface area contributed by atoms with Crippen molar-refractivity contribution in [1.29, 1.82) is 0 Å². The highest BCUT2D eigenvalue weighted by Crippen LogP contribution is 2.28. The second-order valence-electron chi connectivity index (χ2n) is 8.66. The van der Waals surface area contributed by atoms with Crippen LogP contribution in [0.5, 0.6) is 0 Å². The Kier molecular flexibility index (Phi) is 6.18. The summed E-state index contributed by atoms with van der Waals surface area (Å²) < 4.78 is 0. The van der Waals surface area contributed by atoms with Crippen molar-refractivity contribution < 1.29 is 9.59 Å². The molecule has 2 amide bonds. The summed E-state index contributed by atoms with van der Waals surface area (Å²) in [5.74, 6) is 0.747. The first-order valence-corrected chi connectivity index (χ1v) is 11.1. The third-order valence-corrected chi connectivity index (χ3v) is 6.73. The standard InChI is InChI=1S/C23H33N3O2/c27-22(19-10-14-26(15-11-19)23(28)20-7-1-2-8-20)24-17-18-6-5-9-21(16-18)25-12-3-4-13-25/h5-6,9,16,19-20H,1-4,7-8,10-15,17H2,(H,24,27). The molecule has 1 aromatic carbocycles. The van der Waals surface area contributed by atoms with E-state index in [1.165, 1.54) is 31.4 Å². The molecule has 4 rings (SSSR count). The van der Waals surface area contributed by atoms with Gasteiger partial charge in [0, 0.05) is 50.2 Å². The summed E-state index contributed by atoms with van der Waals surface area (Å²) in [5, 5.41) is 3.12. The predicted octanol–water partition coefficient (Wildman–Crippen LogP) is 3.33. The number of carbonyl (C=O) groups excluding carboxylic acids is 2. The van der Waals surface area contributed by atoms with Crippen LogP contribution in [0.15, 0.2) is 24.3 Å². The average molecular weight is 384 g/mol. The third kappa shape index (κ3) is 4.50. The minimum absolute atomic E-state index is 0.0365. The van der Waals surface area contributed by atoms with Crippen LogP contribution in [0.1, 0.15) is 56.9 Å². The monoisotopic (exact) mass is 383 g/mol. The Labute approximate surface area is 168 Å². The largest absolute Gasteiger partial charge is 0.372 e. The minimum atomic E-state index is 0.0365. The molecule has 2 heterocycles. The van der Waals surface area contributed by atoms with Gasteiger partial charge >= 0.3 is 0 Å². The van der Waals surface area contributed by atoms with Crippen LogP contribution < -0.4 is 10.2 Å². The quantitative estimate of drug-likeness (QED) is 0.849. The molecule has 0 unspecified atom stereocenters. The summed E-state index contributed by atoms with van der Waals surface area (Å²) in [5.41, 5.74) is 2.43. The molecule has 2 saturated heterocycles. The van der Waals surface area contributed by atoms with E-state index in [9.17, 15) is 9.59 Å². The first kappa shape index (κ1) is 19.3. The Morgan fingerprint density at radius 3 is 2.32 bits per heavy atom. The molecule has 0 spiro atoms. The van der Waals surface area contributed by atoms with Crippen molar-refractivity contribution in [2.75, 3.05) is 31.1 Å². The van der Waals surface area contributed by atoms with E-state index in [2.05, 4.69) is 34.5 Å². The molecule has 1 aromatic rings. The number of anilines is 1. The van der Waals surface area contributed by atoms with Crippen molar-refractivity contribution >= 4 is 17.5 Å². The highest BCUT2D eigenvalue weighted by atomic mass is 16.2. The van der Waals surface area contributed by atoms with Crippen LogP contribution in [-0.4, -0.2) is 42.9 Å². The molecule has 1 saturated carbocycles. The maximum atomic E-state index is 12.6.